The first kappa shape index (κ1) is 17.0. The lowest BCUT2D eigenvalue weighted by Crippen LogP contribution is -2.39. The minimum absolute atomic E-state index is 0.220. The second kappa shape index (κ2) is 6.80. The van der Waals surface area contributed by atoms with Gasteiger partial charge in [-0.3, -0.25) is 4.68 Å². The van der Waals surface area contributed by atoms with E-state index in [1.807, 2.05) is 6.20 Å². The number of nitrogens with zero attached hydrogens (tertiary/aromatic N) is 2. The zero-order chi connectivity index (χ0) is 15.6. The summed E-state index contributed by atoms with van der Waals surface area (Å²) >= 11 is 3.66. The fourth-order valence-corrected chi connectivity index (χ4v) is 3.98. The highest BCUT2D eigenvalue weighted by Crippen LogP contribution is 2.44. The Labute approximate surface area is 136 Å². The minimum Gasteiger partial charge on any atom is -0.383 e. The summed E-state index contributed by atoms with van der Waals surface area (Å²) in [4.78, 5) is 0. The quantitative estimate of drug-likeness (QED) is 0.896. The van der Waals surface area contributed by atoms with E-state index in [-0.39, 0.29) is 6.04 Å². The van der Waals surface area contributed by atoms with Gasteiger partial charge in [-0.1, -0.05) is 20.8 Å². The van der Waals surface area contributed by atoms with Crippen molar-refractivity contribution in [3.05, 3.63) is 16.4 Å². The fourth-order valence-electron chi connectivity index (χ4n) is 3.39. The molecule has 2 N–H and O–H groups in total. The van der Waals surface area contributed by atoms with E-state index in [9.17, 15) is 0 Å². The first-order valence-corrected chi connectivity index (χ1v) is 8.59. The highest BCUT2D eigenvalue weighted by Gasteiger charge is 2.37. The van der Waals surface area contributed by atoms with Crippen molar-refractivity contribution >= 4 is 15.9 Å². The molecule has 0 spiro atoms. The molecule has 1 aromatic rings. The third kappa shape index (κ3) is 3.88. The predicted molar refractivity (Wildman–Crippen MR) is 89.3 cm³/mol. The molecular weight excluding hydrogens is 330 g/mol. The number of halogens is 1. The van der Waals surface area contributed by atoms with Crippen LogP contribution in [0.3, 0.4) is 0 Å². The lowest BCUT2D eigenvalue weighted by Gasteiger charge is -2.41. The number of rotatable bonds is 4. The number of ether oxygens (including phenoxy) is 1. The number of aromatic nitrogens is 2. The molecule has 1 saturated carbocycles. The van der Waals surface area contributed by atoms with Gasteiger partial charge >= 0.3 is 0 Å². The Morgan fingerprint density at radius 2 is 2.14 bits per heavy atom. The molecule has 5 heteroatoms. The normalized spacial score (nSPS) is 27.0. The van der Waals surface area contributed by atoms with Crippen molar-refractivity contribution in [1.82, 2.24) is 9.78 Å². The lowest BCUT2D eigenvalue weighted by molar-refractivity contribution is 0.147. The van der Waals surface area contributed by atoms with Crippen molar-refractivity contribution in [1.29, 1.82) is 0 Å². The van der Waals surface area contributed by atoms with Crippen LogP contribution in [0.25, 0.3) is 0 Å². The van der Waals surface area contributed by atoms with Gasteiger partial charge in [0.1, 0.15) is 0 Å². The Morgan fingerprint density at radius 3 is 2.76 bits per heavy atom. The topological polar surface area (TPSA) is 53.1 Å². The van der Waals surface area contributed by atoms with E-state index in [0.717, 1.165) is 23.9 Å². The van der Waals surface area contributed by atoms with Gasteiger partial charge in [-0.15, -0.1) is 0 Å². The molecule has 1 aliphatic carbocycles. The molecule has 0 amide bonds. The van der Waals surface area contributed by atoms with Gasteiger partial charge in [0.25, 0.3) is 0 Å². The number of nitrogens with two attached hydrogens (primary N) is 1. The van der Waals surface area contributed by atoms with E-state index < -0.39 is 0 Å². The molecule has 120 valence electrons. The van der Waals surface area contributed by atoms with Gasteiger partial charge in [-0.25, -0.2) is 0 Å². The highest BCUT2D eigenvalue weighted by molar-refractivity contribution is 9.10. The number of hydrogen-bond acceptors (Lipinski definition) is 3. The molecule has 4 nitrogen and oxygen atoms in total. The van der Waals surface area contributed by atoms with E-state index in [2.05, 4.69) is 46.5 Å². The van der Waals surface area contributed by atoms with Crippen LogP contribution in [0.1, 0.15) is 51.6 Å². The number of methoxy groups -OCH3 is 1. The largest absolute Gasteiger partial charge is 0.383 e. The van der Waals surface area contributed by atoms with Gasteiger partial charge in [0.2, 0.25) is 0 Å². The van der Waals surface area contributed by atoms with Crippen LogP contribution in [0.15, 0.2) is 10.7 Å². The smallest absolute Gasteiger partial charge is 0.0658 e. The van der Waals surface area contributed by atoms with Crippen LogP contribution in [0.2, 0.25) is 0 Å². The summed E-state index contributed by atoms with van der Waals surface area (Å²) in [6.45, 7) is 8.46. The van der Waals surface area contributed by atoms with E-state index in [4.69, 9.17) is 10.5 Å². The standard InChI is InChI=1S/C16H28BrN3O/c1-16(2,3)11-5-6-14(18)12(9-11)15-13(17)10-19-20(15)7-8-21-4/h10-12,14H,5-9,18H2,1-4H3. The van der Waals surface area contributed by atoms with Gasteiger partial charge < -0.3 is 10.5 Å². The zero-order valence-corrected chi connectivity index (χ0v) is 15.2. The minimum atomic E-state index is 0.220. The average molecular weight is 358 g/mol. The highest BCUT2D eigenvalue weighted by atomic mass is 79.9. The van der Waals surface area contributed by atoms with Crippen molar-refractivity contribution in [3.63, 3.8) is 0 Å². The van der Waals surface area contributed by atoms with Crippen LogP contribution in [-0.2, 0) is 11.3 Å². The molecule has 3 atom stereocenters. The van der Waals surface area contributed by atoms with Gasteiger partial charge in [-0.05, 0) is 46.5 Å². The molecule has 1 fully saturated rings. The molecule has 0 saturated heterocycles. The molecule has 2 rings (SSSR count). The average Bonchev–Trinajstić information content (AvgIpc) is 2.77. The molecule has 1 heterocycles. The Kier molecular flexibility index (Phi) is 5.49. The van der Waals surface area contributed by atoms with Crippen LogP contribution in [0.5, 0.6) is 0 Å². The Bertz CT molecular complexity index is 467. The summed E-state index contributed by atoms with van der Waals surface area (Å²) in [5.41, 5.74) is 8.03. The molecule has 0 aromatic carbocycles. The summed E-state index contributed by atoms with van der Waals surface area (Å²) in [6, 6.07) is 0.220. The SMILES string of the molecule is COCCn1ncc(Br)c1C1CC(C(C)(C)C)CCC1N. The molecule has 0 radical (unpaired) electrons. The molecule has 0 bridgehead atoms. The summed E-state index contributed by atoms with van der Waals surface area (Å²) in [7, 11) is 1.72. The van der Waals surface area contributed by atoms with Crippen molar-refractivity contribution in [2.24, 2.45) is 17.1 Å². The second-order valence-corrected chi connectivity index (χ2v) is 8.09. The summed E-state index contributed by atoms with van der Waals surface area (Å²) in [5, 5.41) is 4.48. The first-order chi connectivity index (χ1) is 9.84. The zero-order valence-electron chi connectivity index (χ0n) is 13.6. The van der Waals surface area contributed by atoms with E-state index in [0.29, 0.717) is 23.9 Å². The molecule has 1 aliphatic rings. The van der Waals surface area contributed by atoms with Crippen molar-refractivity contribution < 1.29 is 4.74 Å². The van der Waals surface area contributed by atoms with Crippen molar-refractivity contribution in [2.45, 2.75) is 58.5 Å². The Morgan fingerprint density at radius 1 is 1.43 bits per heavy atom. The van der Waals surface area contributed by atoms with Crippen LogP contribution >= 0.6 is 15.9 Å². The monoisotopic (exact) mass is 357 g/mol. The van der Waals surface area contributed by atoms with Crippen molar-refractivity contribution in [3.8, 4) is 0 Å². The van der Waals surface area contributed by atoms with E-state index in [1.165, 1.54) is 12.1 Å². The molecule has 1 aromatic heterocycles. The van der Waals surface area contributed by atoms with Gasteiger partial charge in [0.15, 0.2) is 0 Å². The van der Waals surface area contributed by atoms with Crippen LogP contribution in [-0.4, -0.2) is 29.5 Å². The fraction of sp³-hybridized carbons (Fsp3) is 0.812. The first-order valence-electron chi connectivity index (χ1n) is 7.80. The summed E-state index contributed by atoms with van der Waals surface area (Å²) in [5.74, 6) is 1.08. The predicted octanol–water partition coefficient (Wildman–Crippen LogP) is 3.55. The van der Waals surface area contributed by atoms with Gasteiger partial charge in [0, 0.05) is 19.1 Å². The van der Waals surface area contributed by atoms with Crippen molar-refractivity contribution in [2.75, 3.05) is 13.7 Å². The third-order valence-electron chi connectivity index (χ3n) is 4.82. The maximum Gasteiger partial charge on any atom is 0.0658 e. The Balaban J connectivity index is 2.24. The Hall–Kier alpha value is -0.390. The molecular formula is C16H28BrN3O. The van der Waals surface area contributed by atoms with E-state index in [1.54, 1.807) is 7.11 Å². The molecule has 21 heavy (non-hydrogen) atoms. The second-order valence-electron chi connectivity index (χ2n) is 7.24. The molecule has 3 unspecified atom stereocenters. The number of hydrogen-bond donors (Lipinski definition) is 1. The van der Waals surface area contributed by atoms with Gasteiger partial charge in [0.05, 0.1) is 29.5 Å². The van der Waals surface area contributed by atoms with E-state index >= 15 is 0 Å². The summed E-state index contributed by atoms with van der Waals surface area (Å²) < 4.78 is 8.33. The van der Waals surface area contributed by atoms with Gasteiger partial charge in [-0.2, -0.15) is 5.10 Å². The third-order valence-corrected chi connectivity index (χ3v) is 5.43. The molecule has 0 aliphatic heterocycles. The maximum atomic E-state index is 6.45. The lowest BCUT2D eigenvalue weighted by atomic mass is 9.67. The van der Waals surface area contributed by atoms with Crippen LogP contribution in [0, 0.1) is 11.3 Å². The summed E-state index contributed by atoms with van der Waals surface area (Å²) in [6.07, 6.45) is 5.35. The van der Waals surface area contributed by atoms with Crippen LogP contribution < -0.4 is 5.73 Å². The van der Waals surface area contributed by atoms with Crippen LogP contribution in [0.4, 0.5) is 0 Å². The maximum absolute atomic E-state index is 6.45.